The van der Waals surface area contributed by atoms with Gasteiger partial charge in [0.25, 0.3) is 0 Å². The molecule has 0 aliphatic carbocycles. The minimum Gasteiger partial charge on any atom is -0.466 e. The fourth-order valence-electron chi connectivity index (χ4n) is 1.34. The Morgan fingerprint density at radius 3 is 2.31 bits per heavy atom. The lowest BCUT2D eigenvalue weighted by molar-refractivity contribution is -0.141. The molecule has 0 aromatic carbocycles. The first kappa shape index (κ1) is 14.9. The van der Waals surface area contributed by atoms with Crippen LogP contribution in [0.15, 0.2) is 23.3 Å². The van der Waals surface area contributed by atoms with E-state index in [1.165, 1.54) is 18.1 Å². The number of carbonyl (C=O) groups excluding carboxylic acids is 1. The molecule has 0 spiro atoms. The molecule has 0 saturated carbocycles. The van der Waals surface area contributed by atoms with E-state index in [2.05, 4.69) is 32.9 Å². The summed E-state index contributed by atoms with van der Waals surface area (Å²) in [5.74, 6) is -0.191. The highest BCUT2D eigenvalue weighted by Gasteiger charge is 1.92. The minimum absolute atomic E-state index is 0.191. The third-order valence-corrected chi connectivity index (χ3v) is 2.24. The van der Waals surface area contributed by atoms with Gasteiger partial charge in [0.2, 0.25) is 0 Å². The molecule has 0 unspecified atom stereocenters. The molecule has 0 heterocycles. The van der Waals surface area contributed by atoms with Crippen LogP contribution >= 0.6 is 0 Å². The van der Waals surface area contributed by atoms with Crippen LogP contribution in [0.4, 0.5) is 0 Å². The molecule has 2 nitrogen and oxygen atoms in total. The van der Waals surface area contributed by atoms with Gasteiger partial charge in [0, 0.05) is 6.92 Å². The Kier molecular flexibility index (Phi) is 8.59. The van der Waals surface area contributed by atoms with Crippen molar-refractivity contribution in [3.63, 3.8) is 0 Å². The minimum atomic E-state index is -0.191. The topological polar surface area (TPSA) is 26.3 Å². The standard InChI is InChI=1S/C14H24O2/c1-12(2)8-7-10-13(3)9-5-6-11-16-14(4)15/h8-9H,5-7,10-11H2,1-4H3/b13-9+. The van der Waals surface area contributed by atoms with Crippen LogP contribution in [0.25, 0.3) is 0 Å². The summed E-state index contributed by atoms with van der Waals surface area (Å²) in [7, 11) is 0. The zero-order valence-corrected chi connectivity index (χ0v) is 11.0. The molecule has 0 aromatic heterocycles. The van der Waals surface area contributed by atoms with Crippen LogP contribution in [0, 0.1) is 0 Å². The van der Waals surface area contributed by atoms with Gasteiger partial charge in [-0.25, -0.2) is 0 Å². The Hall–Kier alpha value is -1.05. The summed E-state index contributed by atoms with van der Waals surface area (Å²) >= 11 is 0. The highest BCUT2D eigenvalue weighted by Crippen LogP contribution is 2.08. The Morgan fingerprint density at radius 1 is 1.06 bits per heavy atom. The molecule has 16 heavy (non-hydrogen) atoms. The second-order valence-electron chi connectivity index (χ2n) is 4.35. The van der Waals surface area contributed by atoms with Crippen molar-refractivity contribution in [1.82, 2.24) is 0 Å². The first-order valence-corrected chi connectivity index (χ1v) is 5.94. The molecule has 0 bridgehead atoms. The van der Waals surface area contributed by atoms with Crippen molar-refractivity contribution >= 4 is 5.97 Å². The van der Waals surface area contributed by atoms with E-state index < -0.39 is 0 Å². The first-order chi connectivity index (χ1) is 7.52. The molecule has 0 fully saturated rings. The van der Waals surface area contributed by atoms with Gasteiger partial charge < -0.3 is 4.74 Å². The van der Waals surface area contributed by atoms with Crippen LogP contribution < -0.4 is 0 Å². The van der Waals surface area contributed by atoms with Crippen molar-refractivity contribution in [3.05, 3.63) is 23.3 Å². The summed E-state index contributed by atoms with van der Waals surface area (Å²) in [6.45, 7) is 8.38. The smallest absolute Gasteiger partial charge is 0.302 e. The Morgan fingerprint density at radius 2 is 1.75 bits per heavy atom. The van der Waals surface area contributed by atoms with E-state index in [9.17, 15) is 4.79 Å². The maximum Gasteiger partial charge on any atom is 0.302 e. The van der Waals surface area contributed by atoms with Crippen LogP contribution in [0.1, 0.15) is 53.4 Å². The third-order valence-electron chi connectivity index (χ3n) is 2.24. The largest absolute Gasteiger partial charge is 0.466 e. The van der Waals surface area contributed by atoms with Gasteiger partial charge in [-0.2, -0.15) is 0 Å². The summed E-state index contributed by atoms with van der Waals surface area (Å²) in [5.41, 5.74) is 2.79. The van der Waals surface area contributed by atoms with Gasteiger partial charge in [0.05, 0.1) is 6.61 Å². The quantitative estimate of drug-likeness (QED) is 0.371. The molecule has 0 atom stereocenters. The molecular weight excluding hydrogens is 200 g/mol. The van der Waals surface area contributed by atoms with Crippen LogP contribution in [0.5, 0.6) is 0 Å². The lowest BCUT2D eigenvalue weighted by Gasteiger charge is -2.01. The summed E-state index contributed by atoms with van der Waals surface area (Å²) in [5, 5.41) is 0. The van der Waals surface area contributed by atoms with Crippen molar-refractivity contribution in [1.29, 1.82) is 0 Å². The molecule has 0 radical (unpaired) electrons. The number of allylic oxidation sites excluding steroid dienone is 4. The summed E-state index contributed by atoms with van der Waals surface area (Å²) < 4.78 is 4.86. The molecule has 0 amide bonds. The highest BCUT2D eigenvalue weighted by molar-refractivity contribution is 5.65. The van der Waals surface area contributed by atoms with Gasteiger partial charge in [0.1, 0.15) is 0 Å². The molecule has 0 aromatic rings. The predicted octanol–water partition coefficient (Wildman–Crippen LogP) is 4.02. The number of hydrogen-bond acceptors (Lipinski definition) is 2. The van der Waals surface area contributed by atoms with Gasteiger partial charge >= 0.3 is 5.97 Å². The SMILES string of the molecule is CC(=O)OCCC/C=C(\C)CCC=C(C)C. The van der Waals surface area contributed by atoms with Crippen molar-refractivity contribution in [2.24, 2.45) is 0 Å². The number of unbranched alkanes of at least 4 members (excludes halogenated alkanes) is 1. The van der Waals surface area contributed by atoms with E-state index in [-0.39, 0.29) is 5.97 Å². The zero-order chi connectivity index (χ0) is 12.4. The summed E-state index contributed by atoms with van der Waals surface area (Å²) in [4.78, 5) is 10.5. The fourth-order valence-corrected chi connectivity index (χ4v) is 1.34. The molecule has 92 valence electrons. The molecule has 0 saturated heterocycles. The molecule has 0 aliphatic heterocycles. The van der Waals surface area contributed by atoms with Crippen LogP contribution in [0.2, 0.25) is 0 Å². The number of hydrogen-bond donors (Lipinski definition) is 0. The number of ether oxygens (including phenoxy) is 1. The molecule has 0 aliphatic rings. The molecular formula is C14H24O2. The van der Waals surface area contributed by atoms with Crippen LogP contribution in [-0.2, 0) is 9.53 Å². The Labute approximate surface area is 99.4 Å². The van der Waals surface area contributed by atoms with Gasteiger partial charge in [0.15, 0.2) is 0 Å². The van der Waals surface area contributed by atoms with Gasteiger partial charge in [-0.1, -0.05) is 23.3 Å². The van der Waals surface area contributed by atoms with Crippen LogP contribution in [-0.4, -0.2) is 12.6 Å². The van der Waals surface area contributed by atoms with E-state index in [1.807, 2.05) is 0 Å². The number of esters is 1. The number of rotatable bonds is 7. The van der Waals surface area contributed by atoms with E-state index in [0.29, 0.717) is 6.61 Å². The van der Waals surface area contributed by atoms with Crippen molar-refractivity contribution < 1.29 is 9.53 Å². The zero-order valence-electron chi connectivity index (χ0n) is 11.0. The first-order valence-electron chi connectivity index (χ1n) is 5.94. The van der Waals surface area contributed by atoms with Crippen molar-refractivity contribution in [3.8, 4) is 0 Å². The lowest BCUT2D eigenvalue weighted by Crippen LogP contribution is -1.99. The van der Waals surface area contributed by atoms with Gasteiger partial charge in [-0.15, -0.1) is 0 Å². The van der Waals surface area contributed by atoms with E-state index in [0.717, 1.165) is 25.7 Å². The summed E-state index contributed by atoms with van der Waals surface area (Å²) in [6, 6.07) is 0. The maximum absolute atomic E-state index is 10.5. The van der Waals surface area contributed by atoms with E-state index in [4.69, 9.17) is 4.74 Å². The van der Waals surface area contributed by atoms with Gasteiger partial charge in [-0.05, 0) is 46.5 Å². The third kappa shape index (κ3) is 11.0. The fraction of sp³-hybridized carbons (Fsp3) is 0.643. The lowest BCUT2D eigenvalue weighted by atomic mass is 10.1. The van der Waals surface area contributed by atoms with Gasteiger partial charge in [-0.3, -0.25) is 4.79 Å². The van der Waals surface area contributed by atoms with E-state index >= 15 is 0 Å². The second kappa shape index (κ2) is 9.20. The highest BCUT2D eigenvalue weighted by atomic mass is 16.5. The average molecular weight is 224 g/mol. The monoisotopic (exact) mass is 224 g/mol. The average Bonchev–Trinajstić information content (AvgIpc) is 2.16. The predicted molar refractivity (Wildman–Crippen MR) is 68.3 cm³/mol. The normalized spacial score (nSPS) is 11.1. The van der Waals surface area contributed by atoms with Crippen molar-refractivity contribution in [2.75, 3.05) is 6.61 Å². The molecule has 2 heteroatoms. The Balaban J connectivity index is 3.55. The number of carbonyl (C=O) groups is 1. The molecule has 0 rings (SSSR count). The van der Waals surface area contributed by atoms with E-state index in [1.54, 1.807) is 0 Å². The summed E-state index contributed by atoms with van der Waals surface area (Å²) in [6.07, 6.45) is 8.65. The second-order valence-corrected chi connectivity index (χ2v) is 4.35. The maximum atomic E-state index is 10.5. The van der Waals surface area contributed by atoms with Crippen molar-refractivity contribution in [2.45, 2.75) is 53.4 Å². The Bertz CT molecular complexity index is 258. The van der Waals surface area contributed by atoms with Crippen LogP contribution in [0.3, 0.4) is 0 Å². The molecule has 0 N–H and O–H groups in total.